The maximum atomic E-state index is 10.6. The molecule has 142 valence electrons. The van der Waals surface area contributed by atoms with Crippen LogP contribution in [0, 0.1) is 0 Å². The number of pyridine rings is 1. The molecular weight excluding hydrogens is 374 g/mol. The Bertz CT molecular complexity index is 1230. The predicted molar refractivity (Wildman–Crippen MR) is 109 cm³/mol. The van der Waals surface area contributed by atoms with Crippen molar-refractivity contribution in [3.63, 3.8) is 0 Å². The van der Waals surface area contributed by atoms with E-state index in [4.69, 9.17) is 9.72 Å². The summed E-state index contributed by atoms with van der Waals surface area (Å²) in [5.74, 6) is 0.204. The largest absolute Gasteiger partial charge is 0.748 e. The number of fused-ring (bicyclic) bond motifs is 3. The molecule has 4 rings (SSSR count). The van der Waals surface area contributed by atoms with Gasteiger partial charge in [0.05, 0.1) is 27.9 Å². The van der Waals surface area contributed by atoms with Crippen LogP contribution in [0.4, 0.5) is 0 Å². The fraction of sp³-hybridized carbons (Fsp3) is 0.136. The van der Waals surface area contributed by atoms with E-state index in [-0.39, 0.29) is 13.0 Å². The smallest absolute Gasteiger partial charge is 0.119 e. The number of aromatic nitrogens is 1. The summed E-state index contributed by atoms with van der Waals surface area (Å²) in [5.41, 5.74) is 2.81. The number of hydrogen-bond acceptors (Lipinski definition) is 5. The molecule has 1 heterocycles. The van der Waals surface area contributed by atoms with Crippen LogP contribution in [-0.4, -0.2) is 30.3 Å². The van der Waals surface area contributed by atoms with Crippen molar-refractivity contribution in [1.29, 1.82) is 0 Å². The van der Waals surface area contributed by atoms with E-state index in [1.807, 2.05) is 54.6 Å². The number of benzene rings is 3. The number of hydrogen-bond donors (Lipinski definition) is 0. The first-order valence-electron chi connectivity index (χ1n) is 8.95. The van der Waals surface area contributed by atoms with Crippen LogP contribution >= 0.6 is 0 Å². The maximum absolute atomic E-state index is 10.6. The number of ether oxygens (including phenoxy) is 1. The number of para-hydroxylation sites is 1. The number of nitrogens with zero attached hydrogens (tertiary/aromatic N) is 1. The lowest BCUT2D eigenvalue weighted by atomic mass is 10.00. The summed E-state index contributed by atoms with van der Waals surface area (Å²) in [5, 5.41) is 3.35. The van der Waals surface area contributed by atoms with Crippen LogP contribution in [0.2, 0.25) is 0 Å². The molecule has 0 aliphatic heterocycles. The van der Waals surface area contributed by atoms with E-state index in [9.17, 15) is 13.0 Å². The van der Waals surface area contributed by atoms with Gasteiger partial charge in [-0.05, 0) is 42.1 Å². The summed E-state index contributed by atoms with van der Waals surface area (Å²) in [7, 11) is -4.20. The van der Waals surface area contributed by atoms with Crippen LogP contribution in [-0.2, 0) is 10.1 Å². The average molecular weight is 392 g/mol. The SMILES string of the molecule is O=S(=O)([O-])CCCOc1ccc(-c2nc3ccccc3c3ccccc23)cc1. The van der Waals surface area contributed by atoms with Gasteiger partial charge in [0, 0.05) is 22.1 Å². The Morgan fingerprint density at radius 3 is 2.18 bits per heavy atom. The van der Waals surface area contributed by atoms with Crippen molar-refractivity contribution in [2.75, 3.05) is 12.4 Å². The second-order valence-electron chi connectivity index (χ2n) is 6.51. The molecule has 0 saturated carbocycles. The third kappa shape index (κ3) is 3.98. The zero-order valence-corrected chi connectivity index (χ0v) is 15.9. The second-order valence-corrected chi connectivity index (χ2v) is 8.03. The zero-order valence-electron chi connectivity index (χ0n) is 15.0. The molecule has 0 bridgehead atoms. The lowest BCUT2D eigenvalue weighted by Crippen LogP contribution is -2.08. The lowest BCUT2D eigenvalue weighted by Gasteiger charge is -2.11. The minimum absolute atomic E-state index is 0.171. The second kappa shape index (κ2) is 7.58. The molecule has 4 aromatic rings. The molecule has 0 atom stereocenters. The molecule has 0 N–H and O–H groups in total. The van der Waals surface area contributed by atoms with Gasteiger partial charge in [-0.25, -0.2) is 13.4 Å². The highest BCUT2D eigenvalue weighted by molar-refractivity contribution is 7.85. The molecule has 0 aliphatic rings. The third-order valence-corrected chi connectivity index (χ3v) is 5.33. The Hall–Kier alpha value is -2.96. The van der Waals surface area contributed by atoms with E-state index in [1.54, 1.807) is 0 Å². The molecule has 0 unspecified atom stereocenters. The number of rotatable bonds is 6. The fourth-order valence-corrected chi connectivity index (χ4v) is 3.73. The monoisotopic (exact) mass is 392 g/mol. The average Bonchev–Trinajstić information content (AvgIpc) is 2.70. The van der Waals surface area contributed by atoms with Crippen molar-refractivity contribution in [3.8, 4) is 17.0 Å². The minimum Gasteiger partial charge on any atom is -0.748 e. The van der Waals surface area contributed by atoms with Gasteiger partial charge in [-0.1, -0.05) is 42.5 Å². The molecule has 0 aliphatic carbocycles. The Labute approximate surface area is 163 Å². The quantitative estimate of drug-likeness (QED) is 0.277. The molecular formula is C22H18NO4S-. The summed E-state index contributed by atoms with van der Waals surface area (Å²) in [6, 6.07) is 23.8. The van der Waals surface area contributed by atoms with E-state index in [1.165, 1.54) is 0 Å². The van der Waals surface area contributed by atoms with Gasteiger partial charge in [0.15, 0.2) is 0 Å². The molecule has 6 heteroatoms. The van der Waals surface area contributed by atoms with Gasteiger partial charge in [0.1, 0.15) is 5.75 Å². The summed E-state index contributed by atoms with van der Waals surface area (Å²) in [6.45, 7) is 0.179. The molecule has 1 aromatic heterocycles. The summed E-state index contributed by atoms with van der Waals surface area (Å²) < 4.78 is 37.4. The van der Waals surface area contributed by atoms with Crippen molar-refractivity contribution in [2.45, 2.75) is 6.42 Å². The first-order chi connectivity index (χ1) is 13.5. The Kier molecular flexibility index (Phi) is 4.98. The molecule has 0 fully saturated rings. The van der Waals surface area contributed by atoms with E-state index in [0.29, 0.717) is 5.75 Å². The van der Waals surface area contributed by atoms with E-state index in [2.05, 4.69) is 18.2 Å². The minimum atomic E-state index is -4.20. The van der Waals surface area contributed by atoms with Crippen molar-refractivity contribution in [1.82, 2.24) is 4.98 Å². The van der Waals surface area contributed by atoms with Crippen LogP contribution in [0.25, 0.3) is 32.9 Å². The normalized spacial score (nSPS) is 11.8. The van der Waals surface area contributed by atoms with Crippen LogP contribution in [0.5, 0.6) is 5.75 Å². The summed E-state index contributed by atoms with van der Waals surface area (Å²) in [4.78, 5) is 4.86. The van der Waals surface area contributed by atoms with Crippen LogP contribution in [0.15, 0.2) is 72.8 Å². The molecule has 0 amide bonds. The summed E-state index contributed by atoms with van der Waals surface area (Å²) >= 11 is 0. The van der Waals surface area contributed by atoms with Crippen molar-refractivity contribution in [3.05, 3.63) is 72.8 Å². The van der Waals surface area contributed by atoms with Crippen molar-refractivity contribution < 1.29 is 17.7 Å². The molecule has 5 nitrogen and oxygen atoms in total. The Morgan fingerprint density at radius 1 is 0.821 bits per heavy atom. The third-order valence-electron chi connectivity index (χ3n) is 4.54. The van der Waals surface area contributed by atoms with E-state index < -0.39 is 15.9 Å². The highest BCUT2D eigenvalue weighted by atomic mass is 32.2. The first kappa shape index (κ1) is 18.4. The Balaban J connectivity index is 1.63. The first-order valence-corrected chi connectivity index (χ1v) is 10.5. The van der Waals surface area contributed by atoms with Crippen molar-refractivity contribution >= 4 is 31.8 Å². The van der Waals surface area contributed by atoms with Gasteiger partial charge in [-0.2, -0.15) is 0 Å². The van der Waals surface area contributed by atoms with Gasteiger partial charge >= 0.3 is 0 Å². The molecule has 28 heavy (non-hydrogen) atoms. The van der Waals surface area contributed by atoms with Gasteiger partial charge in [0.2, 0.25) is 0 Å². The van der Waals surface area contributed by atoms with Crippen LogP contribution in [0.3, 0.4) is 0 Å². The molecule has 0 radical (unpaired) electrons. The zero-order chi connectivity index (χ0) is 19.6. The van der Waals surface area contributed by atoms with Crippen molar-refractivity contribution in [2.24, 2.45) is 0 Å². The predicted octanol–water partition coefficient (Wildman–Crippen LogP) is 4.37. The molecule has 0 saturated heterocycles. The Morgan fingerprint density at radius 2 is 1.46 bits per heavy atom. The highest BCUT2D eigenvalue weighted by Gasteiger charge is 2.10. The topological polar surface area (TPSA) is 79.3 Å². The van der Waals surface area contributed by atoms with Gasteiger partial charge < -0.3 is 9.29 Å². The van der Waals surface area contributed by atoms with E-state index >= 15 is 0 Å². The fourth-order valence-electron chi connectivity index (χ4n) is 3.26. The lowest BCUT2D eigenvalue weighted by molar-refractivity contribution is 0.315. The standard InChI is InChI=1S/C22H19NO4S/c24-28(25,26)15-5-14-27-17-12-10-16(11-13-17)22-20-8-2-1-6-18(20)19-7-3-4-9-21(19)23-22/h1-4,6-13H,5,14-15H2,(H,24,25,26)/p-1. The molecule has 0 spiro atoms. The van der Waals surface area contributed by atoms with Gasteiger partial charge in [0.25, 0.3) is 0 Å². The maximum Gasteiger partial charge on any atom is 0.119 e. The van der Waals surface area contributed by atoms with Gasteiger partial charge in [-0.15, -0.1) is 0 Å². The summed E-state index contributed by atoms with van der Waals surface area (Å²) in [6.07, 6.45) is 0.171. The van der Waals surface area contributed by atoms with Crippen LogP contribution < -0.4 is 4.74 Å². The van der Waals surface area contributed by atoms with Gasteiger partial charge in [-0.3, -0.25) is 0 Å². The van der Waals surface area contributed by atoms with Crippen LogP contribution in [0.1, 0.15) is 6.42 Å². The molecule has 3 aromatic carbocycles. The highest BCUT2D eigenvalue weighted by Crippen LogP contribution is 2.32. The van der Waals surface area contributed by atoms with E-state index in [0.717, 1.165) is 32.9 Å².